The maximum atomic E-state index is 3.79. The van der Waals surface area contributed by atoms with Crippen molar-refractivity contribution in [3.63, 3.8) is 0 Å². The summed E-state index contributed by atoms with van der Waals surface area (Å²) in [6.07, 6.45) is 14.3. The predicted octanol–water partition coefficient (Wildman–Crippen LogP) is 8.29. The minimum Gasteiger partial charge on any atom is -0.381 e. The molecule has 156 valence electrons. The van der Waals surface area contributed by atoms with E-state index in [9.17, 15) is 0 Å². The van der Waals surface area contributed by atoms with Crippen LogP contribution in [0.5, 0.6) is 0 Å². The number of anilines is 2. The molecular weight excluding hydrogens is 488 g/mol. The van der Waals surface area contributed by atoms with E-state index in [0.717, 1.165) is 6.42 Å². The van der Waals surface area contributed by atoms with E-state index in [0.29, 0.717) is 12.1 Å². The molecule has 29 heavy (non-hydrogen) atoms. The minimum absolute atomic E-state index is 0.631. The zero-order valence-corrected chi connectivity index (χ0v) is 20.3. The van der Waals surface area contributed by atoms with Crippen LogP contribution >= 0.6 is 31.9 Å². The Morgan fingerprint density at radius 2 is 1.03 bits per heavy atom. The predicted molar refractivity (Wildman–Crippen MR) is 132 cm³/mol. The molecule has 2 aromatic rings. The first kappa shape index (κ1) is 21.2. The first-order chi connectivity index (χ1) is 14.2. The Bertz CT molecular complexity index is 741. The first-order valence-corrected chi connectivity index (χ1v) is 12.9. The van der Waals surface area contributed by atoms with Gasteiger partial charge >= 0.3 is 0 Å². The highest BCUT2D eigenvalue weighted by Crippen LogP contribution is 2.31. The Morgan fingerprint density at radius 1 is 0.621 bits per heavy atom. The number of hydrogen-bond acceptors (Lipinski definition) is 2. The van der Waals surface area contributed by atoms with Crippen molar-refractivity contribution < 1.29 is 0 Å². The summed E-state index contributed by atoms with van der Waals surface area (Å²) in [7, 11) is 0. The highest BCUT2D eigenvalue weighted by Gasteiger charge is 2.15. The van der Waals surface area contributed by atoms with Crippen molar-refractivity contribution in [3.8, 4) is 0 Å². The van der Waals surface area contributed by atoms with Gasteiger partial charge in [-0.2, -0.15) is 0 Å². The summed E-state index contributed by atoms with van der Waals surface area (Å²) in [5, 5.41) is 7.47. The highest BCUT2D eigenvalue weighted by molar-refractivity contribution is 9.11. The number of nitrogens with one attached hydrogen (secondary N) is 2. The van der Waals surface area contributed by atoms with E-state index in [2.05, 4.69) is 78.9 Å². The first-order valence-electron chi connectivity index (χ1n) is 11.3. The van der Waals surface area contributed by atoms with Crippen molar-refractivity contribution >= 4 is 43.2 Å². The minimum atomic E-state index is 0.631. The van der Waals surface area contributed by atoms with Crippen LogP contribution in [0, 0.1) is 0 Å². The third-order valence-electron chi connectivity index (χ3n) is 6.40. The number of hydrogen-bond donors (Lipinski definition) is 2. The molecule has 4 rings (SSSR count). The molecule has 0 aliphatic heterocycles. The van der Waals surface area contributed by atoms with Gasteiger partial charge in [-0.3, -0.25) is 0 Å². The van der Waals surface area contributed by atoms with Gasteiger partial charge in [0, 0.05) is 32.4 Å². The molecule has 0 amide bonds. The SMILES string of the molecule is Brc1cc(Cc2ccc(NC3CCCCC3)c(Br)c2)ccc1NC1CCCCC1. The average Bonchev–Trinajstić information content (AvgIpc) is 2.74. The molecule has 4 heteroatoms. The Kier molecular flexibility index (Phi) is 7.58. The normalized spacial score (nSPS) is 18.6. The fourth-order valence-corrected chi connectivity index (χ4v) is 5.82. The average molecular weight is 520 g/mol. The molecule has 0 heterocycles. The van der Waals surface area contributed by atoms with Gasteiger partial charge in [0.25, 0.3) is 0 Å². The molecule has 0 saturated heterocycles. The van der Waals surface area contributed by atoms with Crippen molar-refractivity contribution in [3.05, 3.63) is 56.5 Å². The van der Waals surface area contributed by atoms with Gasteiger partial charge in [0.1, 0.15) is 0 Å². The Labute approximate surface area is 192 Å². The third kappa shape index (κ3) is 6.01. The van der Waals surface area contributed by atoms with Crippen LogP contribution in [0.4, 0.5) is 11.4 Å². The lowest BCUT2D eigenvalue weighted by molar-refractivity contribution is 0.462. The topological polar surface area (TPSA) is 24.1 Å². The second kappa shape index (κ2) is 10.3. The standard InChI is InChI=1S/C25H32Br2N2/c26-22-16-18(11-13-24(22)28-20-7-3-1-4-8-20)15-19-12-14-25(23(27)17-19)29-21-9-5-2-6-10-21/h11-14,16-17,20-21,28-29H,1-10,15H2. The highest BCUT2D eigenvalue weighted by atomic mass is 79.9. The maximum Gasteiger partial charge on any atom is 0.0486 e. The van der Waals surface area contributed by atoms with Crippen molar-refractivity contribution in [2.24, 2.45) is 0 Å². The van der Waals surface area contributed by atoms with Gasteiger partial charge in [-0.15, -0.1) is 0 Å². The second-order valence-corrected chi connectivity index (χ2v) is 10.5. The van der Waals surface area contributed by atoms with E-state index in [1.54, 1.807) is 0 Å². The van der Waals surface area contributed by atoms with Gasteiger partial charge in [0.2, 0.25) is 0 Å². The number of benzene rings is 2. The number of halogens is 2. The molecule has 0 bridgehead atoms. The molecule has 2 saturated carbocycles. The fourth-order valence-electron chi connectivity index (χ4n) is 4.74. The molecule has 0 spiro atoms. The largest absolute Gasteiger partial charge is 0.381 e. The monoisotopic (exact) mass is 518 g/mol. The summed E-state index contributed by atoms with van der Waals surface area (Å²) in [6.45, 7) is 0. The molecule has 2 aliphatic carbocycles. The van der Waals surface area contributed by atoms with E-state index in [1.807, 2.05) is 0 Å². The quantitative estimate of drug-likeness (QED) is 0.401. The van der Waals surface area contributed by atoms with Crippen LogP contribution in [0.3, 0.4) is 0 Å². The summed E-state index contributed by atoms with van der Waals surface area (Å²) in [5.41, 5.74) is 5.14. The van der Waals surface area contributed by atoms with Crippen LogP contribution < -0.4 is 10.6 Å². The molecule has 2 nitrogen and oxygen atoms in total. The summed E-state index contributed by atoms with van der Waals surface area (Å²) >= 11 is 7.57. The molecule has 0 unspecified atom stereocenters. The van der Waals surface area contributed by atoms with Gasteiger partial charge in [0.15, 0.2) is 0 Å². The van der Waals surface area contributed by atoms with Crippen LogP contribution in [-0.2, 0) is 6.42 Å². The van der Waals surface area contributed by atoms with E-state index < -0.39 is 0 Å². The van der Waals surface area contributed by atoms with Gasteiger partial charge in [0.05, 0.1) is 0 Å². The van der Waals surface area contributed by atoms with E-state index in [-0.39, 0.29) is 0 Å². The molecule has 2 N–H and O–H groups in total. The zero-order valence-electron chi connectivity index (χ0n) is 17.2. The number of rotatable bonds is 6. The third-order valence-corrected chi connectivity index (χ3v) is 7.72. The smallest absolute Gasteiger partial charge is 0.0486 e. The Morgan fingerprint density at radius 3 is 1.41 bits per heavy atom. The molecule has 2 aromatic carbocycles. The van der Waals surface area contributed by atoms with E-state index >= 15 is 0 Å². The molecule has 2 aliphatic rings. The summed E-state index contributed by atoms with van der Waals surface area (Å²) in [4.78, 5) is 0. The molecule has 2 fully saturated rings. The van der Waals surface area contributed by atoms with Crippen LogP contribution in [-0.4, -0.2) is 12.1 Å². The van der Waals surface area contributed by atoms with Crippen LogP contribution in [0.15, 0.2) is 45.3 Å². The Balaban J connectivity index is 1.38. The van der Waals surface area contributed by atoms with Crippen molar-refractivity contribution in [2.45, 2.75) is 82.7 Å². The molecule has 0 aromatic heterocycles. The van der Waals surface area contributed by atoms with Gasteiger partial charge in [-0.05, 0) is 99.4 Å². The summed E-state index contributed by atoms with van der Waals surface area (Å²) < 4.78 is 2.35. The summed E-state index contributed by atoms with van der Waals surface area (Å²) in [5.74, 6) is 0. The Hall–Kier alpha value is -1.00. The van der Waals surface area contributed by atoms with Gasteiger partial charge in [-0.25, -0.2) is 0 Å². The van der Waals surface area contributed by atoms with E-state index in [4.69, 9.17) is 0 Å². The van der Waals surface area contributed by atoms with Crippen LogP contribution in [0.2, 0.25) is 0 Å². The molecule has 0 atom stereocenters. The van der Waals surface area contributed by atoms with Crippen LogP contribution in [0.1, 0.15) is 75.3 Å². The maximum absolute atomic E-state index is 3.79. The van der Waals surface area contributed by atoms with Crippen molar-refractivity contribution in [2.75, 3.05) is 10.6 Å². The second-order valence-electron chi connectivity index (χ2n) is 8.76. The van der Waals surface area contributed by atoms with E-state index in [1.165, 1.54) is 95.7 Å². The lowest BCUT2D eigenvalue weighted by atomic mass is 9.95. The van der Waals surface area contributed by atoms with Crippen molar-refractivity contribution in [1.82, 2.24) is 0 Å². The van der Waals surface area contributed by atoms with Gasteiger partial charge < -0.3 is 10.6 Å². The zero-order chi connectivity index (χ0) is 20.1. The lowest BCUT2D eigenvalue weighted by Crippen LogP contribution is -2.22. The van der Waals surface area contributed by atoms with Crippen molar-refractivity contribution in [1.29, 1.82) is 0 Å². The van der Waals surface area contributed by atoms with Crippen LogP contribution in [0.25, 0.3) is 0 Å². The van der Waals surface area contributed by atoms with Gasteiger partial charge in [-0.1, -0.05) is 50.7 Å². The fraction of sp³-hybridized carbons (Fsp3) is 0.520. The summed E-state index contributed by atoms with van der Waals surface area (Å²) in [6, 6.07) is 14.8. The molecule has 0 radical (unpaired) electrons. The lowest BCUT2D eigenvalue weighted by Gasteiger charge is -2.25. The molecular formula is C25H32Br2N2.